The van der Waals surface area contributed by atoms with Crippen molar-refractivity contribution in [1.82, 2.24) is 15.0 Å². The van der Waals surface area contributed by atoms with Gasteiger partial charge in [-0.25, -0.2) is 9.97 Å². The van der Waals surface area contributed by atoms with Gasteiger partial charge in [0.15, 0.2) is 0 Å². The maximum Gasteiger partial charge on any atom is 0.138 e. The third-order valence-corrected chi connectivity index (χ3v) is 3.54. The summed E-state index contributed by atoms with van der Waals surface area (Å²) in [5, 5.41) is 4.48. The number of anilines is 1. The van der Waals surface area contributed by atoms with Crippen molar-refractivity contribution >= 4 is 16.7 Å². The molecule has 0 unspecified atom stereocenters. The predicted octanol–water partition coefficient (Wildman–Crippen LogP) is 3.81. The molecule has 0 aliphatic rings. The lowest BCUT2D eigenvalue weighted by Gasteiger charge is -2.17. The minimum Gasteiger partial charge on any atom is -0.363 e. The summed E-state index contributed by atoms with van der Waals surface area (Å²) in [4.78, 5) is 13.1. The summed E-state index contributed by atoms with van der Waals surface area (Å²) in [7, 11) is 0. The van der Waals surface area contributed by atoms with Crippen LogP contribution in [0.3, 0.4) is 0 Å². The molecule has 0 aliphatic heterocycles. The maximum absolute atomic E-state index is 4.53. The zero-order valence-corrected chi connectivity index (χ0v) is 12.5. The highest BCUT2D eigenvalue weighted by Gasteiger charge is 2.10. The molecule has 21 heavy (non-hydrogen) atoms. The van der Waals surface area contributed by atoms with Crippen molar-refractivity contribution in [3.63, 3.8) is 0 Å². The van der Waals surface area contributed by atoms with Crippen molar-refractivity contribution in [2.75, 3.05) is 5.32 Å². The highest BCUT2D eigenvalue weighted by Crippen LogP contribution is 2.24. The summed E-state index contributed by atoms with van der Waals surface area (Å²) in [6.45, 7) is 6.12. The first kappa shape index (κ1) is 13.5. The number of benzene rings is 1. The number of pyridine rings is 1. The topological polar surface area (TPSA) is 50.7 Å². The molecule has 0 radical (unpaired) electrons. The largest absolute Gasteiger partial charge is 0.363 e. The van der Waals surface area contributed by atoms with E-state index in [2.05, 4.69) is 58.4 Å². The smallest absolute Gasteiger partial charge is 0.138 e. The molecule has 3 aromatic rings. The first-order valence-corrected chi connectivity index (χ1v) is 7.05. The van der Waals surface area contributed by atoms with Gasteiger partial charge in [0.2, 0.25) is 0 Å². The van der Waals surface area contributed by atoms with E-state index in [1.54, 1.807) is 12.4 Å². The second-order valence-corrected chi connectivity index (χ2v) is 5.29. The zero-order valence-electron chi connectivity index (χ0n) is 12.5. The van der Waals surface area contributed by atoms with Crippen molar-refractivity contribution in [1.29, 1.82) is 0 Å². The van der Waals surface area contributed by atoms with Gasteiger partial charge in [-0.15, -0.1) is 0 Å². The first-order chi connectivity index (χ1) is 10.1. The molecule has 0 aliphatic carbocycles. The van der Waals surface area contributed by atoms with Gasteiger partial charge in [0, 0.05) is 17.6 Å². The lowest BCUT2D eigenvalue weighted by atomic mass is 10.1. The van der Waals surface area contributed by atoms with Crippen LogP contribution in [-0.4, -0.2) is 15.0 Å². The van der Waals surface area contributed by atoms with E-state index >= 15 is 0 Å². The highest BCUT2D eigenvalue weighted by molar-refractivity contribution is 5.88. The van der Waals surface area contributed by atoms with Crippen molar-refractivity contribution in [2.24, 2.45) is 0 Å². The fourth-order valence-corrected chi connectivity index (χ4v) is 2.35. The van der Waals surface area contributed by atoms with E-state index in [1.165, 1.54) is 11.1 Å². The number of hydrogen-bond acceptors (Lipinski definition) is 4. The van der Waals surface area contributed by atoms with E-state index in [0.717, 1.165) is 22.5 Å². The Morgan fingerprint density at radius 2 is 1.76 bits per heavy atom. The van der Waals surface area contributed by atoms with Gasteiger partial charge in [0.25, 0.3) is 0 Å². The predicted molar refractivity (Wildman–Crippen MR) is 85.3 cm³/mol. The molecule has 0 saturated heterocycles. The van der Waals surface area contributed by atoms with Crippen molar-refractivity contribution < 1.29 is 0 Å². The lowest BCUT2D eigenvalue weighted by Crippen LogP contribution is -2.09. The average molecular weight is 278 g/mol. The molecule has 4 nitrogen and oxygen atoms in total. The van der Waals surface area contributed by atoms with E-state index in [9.17, 15) is 0 Å². The Bertz CT molecular complexity index is 765. The summed E-state index contributed by atoms with van der Waals surface area (Å²) < 4.78 is 0. The molecule has 4 heteroatoms. The van der Waals surface area contributed by atoms with Gasteiger partial charge < -0.3 is 5.32 Å². The number of fused-ring (bicyclic) bond motifs is 1. The monoisotopic (exact) mass is 278 g/mol. The Kier molecular flexibility index (Phi) is 3.52. The minimum absolute atomic E-state index is 0.177. The molecule has 1 N–H and O–H groups in total. The standard InChI is InChI=1S/C17H18N4/c1-11-4-6-14(7-5-11)12(2)19-17-15-8-9-18-10-16(15)20-13(3)21-17/h4-10,12H,1-3H3,(H,19,20,21)/t12-/m1/s1. The molecular weight excluding hydrogens is 260 g/mol. The van der Waals surface area contributed by atoms with Gasteiger partial charge >= 0.3 is 0 Å². The van der Waals surface area contributed by atoms with Crippen LogP contribution in [0, 0.1) is 13.8 Å². The van der Waals surface area contributed by atoms with Crippen LogP contribution in [0.5, 0.6) is 0 Å². The molecule has 1 atom stereocenters. The summed E-state index contributed by atoms with van der Waals surface area (Å²) in [6, 6.07) is 10.7. The van der Waals surface area contributed by atoms with E-state index in [1.807, 2.05) is 13.0 Å². The van der Waals surface area contributed by atoms with Crippen LogP contribution in [0.15, 0.2) is 42.7 Å². The van der Waals surface area contributed by atoms with Crippen molar-refractivity contribution in [2.45, 2.75) is 26.8 Å². The summed E-state index contributed by atoms with van der Waals surface area (Å²) in [5.41, 5.74) is 3.36. The molecule has 1 aromatic carbocycles. The molecule has 0 spiro atoms. The van der Waals surface area contributed by atoms with Crippen LogP contribution >= 0.6 is 0 Å². The van der Waals surface area contributed by atoms with E-state index in [0.29, 0.717) is 0 Å². The normalized spacial score (nSPS) is 12.3. The average Bonchev–Trinajstić information content (AvgIpc) is 2.47. The maximum atomic E-state index is 4.53. The molecule has 0 amide bonds. The Balaban J connectivity index is 1.95. The molecule has 106 valence electrons. The van der Waals surface area contributed by atoms with Gasteiger partial charge in [-0.05, 0) is 32.4 Å². The number of nitrogens with zero attached hydrogens (tertiary/aromatic N) is 3. The lowest BCUT2D eigenvalue weighted by molar-refractivity contribution is 0.871. The fourth-order valence-electron chi connectivity index (χ4n) is 2.35. The van der Waals surface area contributed by atoms with Gasteiger partial charge in [-0.3, -0.25) is 4.98 Å². The first-order valence-electron chi connectivity index (χ1n) is 7.05. The van der Waals surface area contributed by atoms with Gasteiger partial charge in [0.1, 0.15) is 11.6 Å². The number of hydrogen-bond donors (Lipinski definition) is 1. The van der Waals surface area contributed by atoms with Gasteiger partial charge in [-0.1, -0.05) is 29.8 Å². The molecule has 2 aromatic heterocycles. The SMILES string of the molecule is Cc1ccc([C@@H](C)Nc2nc(C)nc3cnccc23)cc1. The van der Waals surface area contributed by atoms with E-state index < -0.39 is 0 Å². The van der Waals surface area contributed by atoms with Crippen LogP contribution in [0.4, 0.5) is 5.82 Å². The van der Waals surface area contributed by atoms with Crippen LogP contribution in [0.2, 0.25) is 0 Å². The quantitative estimate of drug-likeness (QED) is 0.791. The third kappa shape index (κ3) is 2.84. The molecule has 2 heterocycles. The van der Waals surface area contributed by atoms with E-state index in [-0.39, 0.29) is 6.04 Å². The zero-order chi connectivity index (χ0) is 14.8. The molecule has 0 saturated carbocycles. The summed E-state index contributed by atoms with van der Waals surface area (Å²) >= 11 is 0. The minimum atomic E-state index is 0.177. The number of aromatic nitrogens is 3. The Morgan fingerprint density at radius 3 is 2.52 bits per heavy atom. The van der Waals surface area contributed by atoms with Gasteiger partial charge in [0.05, 0.1) is 11.7 Å². The fraction of sp³-hybridized carbons (Fsp3) is 0.235. The second kappa shape index (κ2) is 5.48. The second-order valence-electron chi connectivity index (χ2n) is 5.29. The van der Waals surface area contributed by atoms with Gasteiger partial charge in [-0.2, -0.15) is 0 Å². The van der Waals surface area contributed by atoms with Crippen LogP contribution < -0.4 is 5.32 Å². The highest BCUT2D eigenvalue weighted by atomic mass is 15.0. The molecule has 0 bridgehead atoms. The van der Waals surface area contributed by atoms with Crippen molar-refractivity contribution in [3.05, 3.63) is 59.7 Å². The Labute approximate surface area is 124 Å². The Hall–Kier alpha value is -2.49. The third-order valence-electron chi connectivity index (χ3n) is 3.54. The van der Waals surface area contributed by atoms with Crippen molar-refractivity contribution in [3.8, 4) is 0 Å². The molecule has 3 rings (SSSR count). The number of nitrogens with one attached hydrogen (secondary N) is 1. The number of aryl methyl sites for hydroxylation is 2. The number of rotatable bonds is 3. The van der Waals surface area contributed by atoms with Crippen LogP contribution in [0.25, 0.3) is 10.9 Å². The molecule has 0 fully saturated rings. The van der Waals surface area contributed by atoms with Crippen LogP contribution in [-0.2, 0) is 0 Å². The van der Waals surface area contributed by atoms with Crippen LogP contribution in [0.1, 0.15) is 29.9 Å². The Morgan fingerprint density at radius 1 is 1.00 bits per heavy atom. The summed E-state index contributed by atoms with van der Waals surface area (Å²) in [6.07, 6.45) is 3.54. The molecular formula is C17H18N4. The summed E-state index contributed by atoms with van der Waals surface area (Å²) in [5.74, 6) is 1.60. The van der Waals surface area contributed by atoms with E-state index in [4.69, 9.17) is 0 Å².